The molecule has 0 aliphatic carbocycles. The number of carbonyl (C=O) groups is 1. The van der Waals surface area contributed by atoms with Crippen LogP contribution < -0.4 is 4.74 Å². The van der Waals surface area contributed by atoms with Gasteiger partial charge in [-0.2, -0.15) is 13.2 Å². The minimum Gasteiger partial charge on any atom is -0.479 e. The van der Waals surface area contributed by atoms with E-state index in [0.29, 0.717) is 18.2 Å². The van der Waals surface area contributed by atoms with Crippen molar-refractivity contribution in [1.82, 2.24) is 0 Å². The van der Waals surface area contributed by atoms with Crippen LogP contribution in [0, 0.1) is 0 Å². The Balaban J connectivity index is 3.31. The van der Waals surface area contributed by atoms with Gasteiger partial charge in [0.05, 0.1) is 0 Å². The lowest BCUT2D eigenvalue weighted by Crippen LogP contribution is -2.49. The van der Waals surface area contributed by atoms with E-state index in [0.717, 1.165) is 0 Å². The van der Waals surface area contributed by atoms with E-state index in [9.17, 15) is 36.2 Å². The number of carboxylic acids is 1. The summed E-state index contributed by atoms with van der Waals surface area (Å²) in [4.78, 5) is 10.6. The Morgan fingerprint density at radius 2 is 1.65 bits per heavy atom. The summed E-state index contributed by atoms with van der Waals surface area (Å²) in [5, 5.41) is 17.8. The van der Waals surface area contributed by atoms with Crippen LogP contribution in [0.15, 0.2) is 24.3 Å². The van der Waals surface area contributed by atoms with Crippen LogP contribution in [0.1, 0.15) is 5.56 Å². The van der Waals surface area contributed by atoms with Crippen LogP contribution in [0.3, 0.4) is 0 Å². The minimum absolute atomic E-state index is 0.148. The molecule has 0 saturated carbocycles. The zero-order valence-electron chi connectivity index (χ0n) is 9.29. The number of hydrogen-bond donors (Lipinski definition) is 2. The molecular weight excluding hydrogens is 298 g/mol. The Morgan fingerprint density at radius 1 is 1.10 bits per heavy atom. The molecule has 0 heterocycles. The van der Waals surface area contributed by atoms with Gasteiger partial charge < -0.3 is 14.9 Å². The second-order valence-electron chi connectivity index (χ2n) is 3.59. The lowest BCUT2D eigenvalue weighted by atomic mass is 9.93. The molecule has 0 aliphatic heterocycles. The maximum Gasteiger partial charge on any atom is 0.573 e. The molecule has 0 amide bonds. The van der Waals surface area contributed by atoms with Gasteiger partial charge in [-0.1, -0.05) is 12.1 Å². The van der Waals surface area contributed by atoms with Gasteiger partial charge in [0, 0.05) is 5.56 Å². The largest absolute Gasteiger partial charge is 0.573 e. The molecule has 0 fully saturated rings. The summed E-state index contributed by atoms with van der Waals surface area (Å²) >= 11 is 0. The number of hydrogen-bond acceptors (Lipinski definition) is 3. The predicted octanol–water partition coefficient (Wildman–Crippen LogP) is 2.42. The SMILES string of the molecule is O=C(O)[C@](O)(c1cccc(OC(F)(F)F)c1)C(F)(F)F. The molecule has 0 aliphatic rings. The lowest BCUT2D eigenvalue weighted by Gasteiger charge is -2.26. The summed E-state index contributed by atoms with van der Waals surface area (Å²) in [6.07, 6.45) is -10.8. The fraction of sp³-hybridized carbons (Fsp3) is 0.300. The maximum absolute atomic E-state index is 12.6. The maximum atomic E-state index is 12.6. The van der Waals surface area contributed by atoms with Crippen molar-refractivity contribution in [3.05, 3.63) is 29.8 Å². The van der Waals surface area contributed by atoms with Gasteiger partial charge in [-0.3, -0.25) is 0 Å². The summed E-state index contributed by atoms with van der Waals surface area (Å²) in [6, 6.07) is 2.02. The summed E-state index contributed by atoms with van der Waals surface area (Å²) in [5.74, 6) is -3.76. The van der Waals surface area contributed by atoms with Crippen molar-refractivity contribution in [2.75, 3.05) is 0 Å². The standard InChI is InChI=1S/C10H6F6O4/c11-9(12,13)8(19,7(17)18)5-2-1-3-6(4-5)20-10(14,15)16/h1-4,19H,(H,17,18)/t8-/m1/s1. The molecule has 10 heteroatoms. The molecule has 0 aromatic heterocycles. The summed E-state index contributed by atoms with van der Waals surface area (Å²) in [6.45, 7) is 0. The molecule has 1 atom stereocenters. The first-order valence-corrected chi connectivity index (χ1v) is 4.76. The third-order valence-corrected chi connectivity index (χ3v) is 2.21. The molecule has 112 valence electrons. The lowest BCUT2D eigenvalue weighted by molar-refractivity contribution is -0.275. The van der Waals surface area contributed by atoms with Gasteiger partial charge in [0.1, 0.15) is 5.75 Å². The van der Waals surface area contributed by atoms with Gasteiger partial charge in [-0.25, -0.2) is 4.79 Å². The highest BCUT2D eigenvalue weighted by molar-refractivity contribution is 5.80. The van der Waals surface area contributed by atoms with Gasteiger partial charge in [-0.05, 0) is 12.1 Å². The van der Waals surface area contributed by atoms with Gasteiger partial charge in [0.15, 0.2) is 0 Å². The van der Waals surface area contributed by atoms with Crippen LogP contribution >= 0.6 is 0 Å². The predicted molar refractivity (Wildman–Crippen MR) is 50.7 cm³/mol. The van der Waals surface area contributed by atoms with Crippen LogP contribution in [0.25, 0.3) is 0 Å². The van der Waals surface area contributed by atoms with E-state index < -0.39 is 35.4 Å². The van der Waals surface area contributed by atoms with Crippen LogP contribution in [0.4, 0.5) is 26.3 Å². The highest BCUT2D eigenvalue weighted by Crippen LogP contribution is 2.40. The number of ether oxygens (including phenoxy) is 1. The number of carboxylic acid groups (broad SMARTS) is 1. The number of alkyl halides is 6. The minimum atomic E-state index is -5.63. The van der Waals surface area contributed by atoms with E-state index in [1.54, 1.807) is 0 Å². The highest BCUT2D eigenvalue weighted by atomic mass is 19.4. The number of benzene rings is 1. The summed E-state index contributed by atoms with van der Waals surface area (Å²) in [5.41, 5.74) is -5.64. The van der Waals surface area contributed by atoms with Crippen molar-refractivity contribution in [2.45, 2.75) is 18.1 Å². The van der Waals surface area contributed by atoms with Crippen molar-refractivity contribution in [2.24, 2.45) is 0 Å². The third-order valence-electron chi connectivity index (χ3n) is 2.21. The zero-order chi connectivity index (χ0) is 15.8. The van der Waals surface area contributed by atoms with Crippen molar-refractivity contribution >= 4 is 5.97 Å². The van der Waals surface area contributed by atoms with E-state index in [4.69, 9.17) is 5.11 Å². The Labute approximate surface area is 107 Å². The summed E-state index contributed by atoms with van der Waals surface area (Å²) in [7, 11) is 0. The first-order chi connectivity index (χ1) is 8.88. The molecule has 0 bridgehead atoms. The van der Waals surface area contributed by atoms with Crippen LogP contribution in [0.2, 0.25) is 0 Å². The van der Waals surface area contributed by atoms with Gasteiger partial charge in [0.25, 0.3) is 5.60 Å². The molecular formula is C10H6F6O4. The van der Waals surface area contributed by atoms with Gasteiger partial charge in [0.2, 0.25) is 0 Å². The number of halogens is 6. The molecule has 0 spiro atoms. The van der Waals surface area contributed by atoms with E-state index >= 15 is 0 Å². The second kappa shape index (κ2) is 4.85. The van der Waals surface area contributed by atoms with Crippen molar-refractivity contribution in [1.29, 1.82) is 0 Å². The molecule has 1 aromatic carbocycles. The summed E-state index contributed by atoms with van der Waals surface area (Å²) < 4.78 is 77.0. The third kappa shape index (κ3) is 3.13. The number of aliphatic carboxylic acids is 1. The zero-order valence-corrected chi connectivity index (χ0v) is 9.29. The first kappa shape index (κ1) is 16.1. The molecule has 0 unspecified atom stereocenters. The topological polar surface area (TPSA) is 66.8 Å². The van der Waals surface area contributed by atoms with Crippen LogP contribution in [-0.2, 0) is 10.4 Å². The Kier molecular flexibility index (Phi) is 3.90. The highest BCUT2D eigenvalue weighted by Gasteiger charge is 2.61. The van der Waals surface area contributed by atoms with E-state index in [2.05, 4.69) is 4.74 Å². The molecule has 4 nitrogen and oxygen atoms in total. The van der Waals surface area contributed by atoms with Crippen molar-refractivity contribution < 1.29 is 46.1 Å². The Morgan fingerprint density at radius 3 is 2.05 bits per heavy atom. The average Bonchev–Trinajstić information content (AvgIpc) is 2.24. The fourth-order valence-corrected chi connectivity index (χ4v) is 1.33. The monoisotopic (exact) mass is 304 g/mol. The van der Waals surface area contributed by atoms with Crippen molar-refractivity contribution in [3.63, 3.8) is 0 Å². The Hall–Kier alpha value is -1.97. The molecule has 1 rings (SSSR count). The number of aliphatic hydroxyl groups is 1. The Bertz CT molecular complexity index is 509. The molecule has 20 heavy (non-hydrogen) atoms. The molecule has 2 N–H and O–H groups in total. The van der Waals surface area contributed by atoms with E-state index in [1.807, 2.05) is 0 Å². The second-order valence-corrected chi connectivity index (χ2v) is 3.59. The van der Waals surface area contributed by atoms with Gasteiger partial charge >= 0.3 is 18.5 Å². The van der Waals surface area contributed by atoms with Crippen molar-refractivity contribution in [3.8, 4) is 5.75 Å². The normalized spacial score (nSPS) is 15.6. The van der Waals surface area contributed by atoms with Crippen LogP contribution in [-0.4, -0.2) is 28.7 Å². The fourth-order valence-electron chi connectivity index (χ4n) is 1.33. The average molecular weight is 304 g/mol. The van der Waals surface area contributed by atoms with E-state index in [-0.39, 0.29) is 6.07 Å². The van der Waals surface area contributed by atoms with E-state index in [1.165, 1.54) is 0 Å². The number of rotatable bonds is 3. The van der Waals surface area contributed by atoms with Gasteiger partial charge in [-0.15, -0.1) is 13.2 Å². The molecule has 0 radical (unpaired) electrons. The first-order valence-electron chi connectivity index (χ1n) is 4.76. The van der Waals surface area contributed by atoms with Crippen LogP contribution in [0.5, 0.6) is 5.75 Å². The smallest absolute Gasteiger partial charge is 0.479 e. The molecule has 0 saturated heterocycles. The molecule has 1 aromatic rings. The quantitative estimate of drug-likeness (QED) is 0.842.